The van der Waals surface area contributed by atoms with Gasteiger partial charge in [-0.15, -0.1) is 0 Å². The smallest absolute Gasteiger partial charge is 0.239 e. The van der Waals surface area contributed by atoms with Crippen molar-refractivity contribution in [2.45, 2.75) is 24.9 Å². The van der Waals surface area contributed by atoms with Crippen molar-refractivity contribution in [3.63, 3.8) is 0 Å². The van der Waals surface area contributed by atoms with Crippen LogP contribution in [0.15, 0.2) is 42.5 Å². The minimum Gasteiger partial charge on any atom is -0.292 e. The van der Waals surface area contributed by atoms with Crippen LogP contribution in [0.3, 0.4) is 0 Å². The first-order valence-corrected chi connectivity index (χ1v) is 10.5. The molecule has 3 aliphatic heterocycles. The average Bonchev–Trinajstić information content (AvgIpc) is 3.36. The Morgan fingerprint density at radius 1 is 0.967 bits per heavy atom. The number of rotatable bonds is 3. The van der Waals surface area contributed by atoms with Crippen LogP contribution in [-0.4, -0.2) is 41.1 Å². The number of amides is 2. The number of ketones is 1. The molecule has 0 N–H and O–H groups in total. The van der Waals surface area contributed by atoms with Crippen molar-refractivity contribution in [2.75, 3.05) is 11.4 Å². The first-order chi connectivity index (χ1) is 14.4. The molecule has 4 atom stereocenters. The van der Waals surface area contributed by atoms with Crippen LogP contribution in [0, 0.1) is 17.7 Å². The zero-order valence-electron chi connectivity index (χ0n) is 15.7. The molecule has 0 saturated carbocycles. The van der Waals surface area contributed by atoms with Gasteiger partial charge < -0.3 is 0 Å². The van der Waals surface area contributed by atoms with Gasteiger partial charge >= 0.3 is 0 Å². The van der Waals surface area contributed by atoms with E-state index in [1.54, 1.807) is 6.07 Å². The van der Waals surface area contributed by atoms with Gasteiger partial charge in [-0.25, -0.2) is 9.29 Å². The molecule has 30 heavy (non-hydrogen) atoms. The minimum atomic E-state index is -0.769. The summed E-state index contributed by atoms with van der Waals surface area (Å²) in [4.78, 5) is 43.2. The summed E-state index contributed by atoms with van der Waals surface area (Å²) in [5.41, 5.74) is 0.687. The highest BCUT2D eigenvalue weighted by molar-refractivity contribution is 6.42. The van der Waals surface area contributed by atoms with Gasteiger partial charge in [-0.3, -0.25) is 19.3 Å². The summed E-state index contributed by atoms with van der Waals surface area (Å²) in [5.74, 6) is -2.76. The quantitative estimate of drug-likeness (QED) is 0.528. The molecule has 0 radical (unpaired) electrons. The van der Waals surface area contributed by atoms with Gasteiger partial charge in [0.1, 0.15) is 5.82 Å². The molecule has 0 aromatic heterocycles. The Morgan fingerprint density at radius 2 is 1.67 bits per heavy atom. The number of fused-ring (bicyclic) bond motifs is 3. The van der Waals surface area contributed by atoms with E-state index in [9.17, 15) is 18.8 Å². The summed E-state index contributed by atoms with van der Waals surface area (Å²) < 4.78 is 13.3. The summed E-state index contributed by atoms with van der Waals surface area (Å²) in [5, 5.41) is 0.569. The fourth-order valence-electron chi connectivity index (χ4n) is 5.18. The molecule has 3 heterocycles. The molecule has 2 aromatic rings. The van der Waals surface area contributed by atoms with Crippen molar-refractivity contribution in [1.29, 1.82) is 0 Å². The van der Waals surface area contributed by atoms with Crippen LogP contribution < -0.4 is 4.90 Å². The van der Waals surface area contributed by atoms with Gasteiger partial charge in [0.25, 0.3) is 0 Å². The zero-order chi connectivity index (χ0) is 21.2. The molecule has 154 valence electrons. The maximum atomic E-state index is 13.4. The Morgan fingerprint density at radius 3 is 2.37 bits per heavy atom. The van der Waals surface area contributed by atoms with Crippen LogP contribution >= 0.6 is 23.2 Å². The van der Waals surface area contributed by atoms with E-state index in [-0.39, 0.29) is 22.8 Å². The maximum Gasteiger partial charge on any atom is 0.239 e. The van der Waals surface area contributed by atoms with Crippen LogP contribution in [0.1, 0.15) is 23.2 Å². The largest absolute Gasteiger partial charge is 0.292 e. The summed E-state index contributed by atoms with van der Waals surface area (Å²) in [7, 11) is 0. The van der Waals surface area contributed by atoms with Crippen LogP contribution in [-0.2, 0) is 9.59 Å². The number of imide groups is 1. The minimum absolute atomic E-state index is 0.159. The number of benzene rings is 2. The van der Waals surface area contributed by atoms with Gasteiger partial charge in [-0.05, 0) is 61.9 Å². The van der Waals surface area contributed by atoms with Crippen molar-refractivity contribution in [1.82, 2.24) is 4.90 Å². The first kappa shape index (κ1) is 19.7. The van der Waals surface area contributed by atoms with Gasteiger partial charge in [0.05, 0.1) is 33.6 Å². The number of carbonyl (C=O) groups excluding carboxylic acids is 3. The first-order valence-electron chi connectivity index (χ1n) is 9.77. The molecule has 0 unspecified atom stereocenters. The molecule has 5 nitrogen and oxygen atoms in total. The average molecular weight is 447 g/mol. The number of carbonyl (C=O) groups is 3. The maximum absolute atomic E-state index is 13.4. The molecule has 2 aromatic carbocycles. The molecule has 0 spiro atoms. The van der Waals surface area contributed by atoms with Crippen LogP contribution in [0.4, 0.5) is 10.1 Å². The van der Waals surface area contributed by atoms with E-state index in [4.69, 9.17) is 23.2 Å². The molecule has 3 aliphatic rings. The second kappa shape index (κ2) is 7.15. The molecular weight excluding hydrogens is 430 g/mol. The second-order valence-corrected chi connectivity index (χ2v) is 8.74. The number of hydrogen-bond donors (Lipinski definition) is 0. The van der Waals surface area contributed by atoms with Gasteiger partial charge in [-0.2, -0.15) is 0 Å². The lowest BCUT2D eigenvalue weighted by Gasteiger charge is -2.27. The summed E-state index contributed by atoms with van der Waals surface area (Å²) in [6, 6.07) is 9.01. The Kier molecular flexibility index (Phi) is 4.69. The highest BCUT2D eigenvalue weighted by Gasteiger charge is 2.64. The fourth-order valence-corrected chi connectivity index (χ4v) is 5.47. The topological polar surface area (TPSA) is 57.7 Å². The van der Waals surface area contributed by atoms with Crippen molar-refractivity contribution in [2.24, 2.45) is 11.8 Å². The number of nitrogens with zero attached hydrogens (tertiary/aromatic N) is 2. The predicted octanol–water partition coefficient (Wildman–Crippen LogP) is 3.97. The van der Waals surface area contributed by atoms with Crippen molar-refractivity contribution >= 4 is 46.5 Å². The van der Waals surface area contributed by atoms with E-state index in [1.807, 2.05) is 4.90 Å². The number of halogens is 3. The third kappa shape index (κ3) is 2.82. The summed E-state index contributed by atoms with van der Waals surface area (Å²) in [6.07, 6.45) is 1.61. The van der Waals surface area contributed by atoms with E-state index < -0.39 is 29.6 Å². The second-order valence-electron chi connectivity index (χ2n) is 7.93. The monoisotopic (exact) mass is 446 g/mol. The van der Waals surface area contributed by atoms with Gasteiger partial charge in [0.2, 0.25) is 11.8 Å². The van der Waals surface area contributed by atoms with E-state index >= 15 is 0 Å². The molecule has 3 saturated heterocycles. The van der Waals surface area contributed by atoms with Crippen molar-refractivity contribution in [3.05, 3.63) is 63.9 Å². The third-order valence-corrected chi connectivity index (χ3v) is 7.15. The summed E-state index contributed by atoms with van der Waals surface area (Å²) in [6.45, 7) is 0.655. The number of Topliss-reactive ketones (excluding diaryl/α,β-unsaturated/α-hetero) is 1. The highest BCUT2D eigenvalue weighted by Crippen LogP contribution is 2.48. The number of anilines is 1. The highest BCUT2D eigenvalue weighted by atomic mass is 35.5. The zero-order valence-corrected chi connectivity index (χ0v) is 17.2. The Labute approximate surface area is 182 Å². The fraction of sp³-hybridized carbons (Fsp3) is 0.318. The van der Waals surface area contributed by atoms with Crippen LogP contribution in [0.2, 0.25) is 10.0 Å². The van der Waals surface area contributed by atoms with Crippen LogP contribution in [0.25, 0.3) is 0 Å². The Balaban J connectivity index is 1.55. The Bertz CT molecular complexity index is 1070. The standard InChI is InChI=1S/C22H17Cl2FN2O3/c23-14-8-7-13(10-15(14)24)27-21(29)17-16-2-1-9-26(16)19(18(17)22(27)30)20(28)11-3-5-12(25)6-4-11/h3-8,10,16-19H,1-2,9H2/t16-,17-,18-,19-/m1/s1. The van der Waals surface area contributed by atoms with E-state index in [0.29, 0.717) is 22.8 Å². The summed E-state index contributed by atoms with van der Waals surface area (Å²) >= 11 is 12.1. The van der Waals surface area contributed by atoms with Crippen LogP contribution in [0.5, 0.6) is 0 Å². The molecule has 0 bridgehead atoms. The van der Waals surface area contributed by atoms with Gasteiger partial charge in [-0.1, -0.05) is 23.2 Å². The molecule has 8 heteroatoms. The molecular formula is C22H17Cl2FN2O3. The Hall–Kier alpha value is -2.28. The predicted molar refractivity (Wildman–Crippen MR) is 110 cm³/mol. The third-order valence-electron chi connectivity index (χ3n) is 6.41. The lowest BCUT2D eigenvalue weighted by molar-refractivity contribution is -0.123. The SMILES string of the molecule is O=C(c1ccc(F)cc1)[C@H]1[C@@H]2C(=O)N(c3ccc(Cl)c(Cl)c3)C(=O)[C@@H]2[C@H]2CCCN21. The molecule has 2 amide bonds. The van der Waals surface area contributed by atoms with E-state index in [1.165, 1.54) is 36.4 Å². The normalized spacial score (nSPS) is 28.2. The van der Waals surface area contributed by atoms with E-state index in [2.05, 4.69) is 0 Å². The van der Waals surface area contributed by atoms with Crippen molar-refractivity contribution in [3.8, 4) is 0 Å². The van der Waals surface area contributed by atoms with Gasteiger partial charge in [0.15, 0.2) is 5.78 Å². The number of hydrogen-bond acceptors (Lipinski definition) is 4. The van der Waals surface area contributed by atoms with E-state index in [0.717, 1.165) is 17.7 Å². The lowest BCUT2D eigenvalue weighted by Crippen LogP contribution is -2.46. The van der Waals surface area contributed by atoms with Gasteiger partial charge in [0, 0.05) is 11.6 Å². The molecule has 3 fully saturated rings. The van der Waals surface area contributed by atoms with Crippen molar-refractivity contribution < 1.29 is 18.8 Å². The lowest BCUT2D eigenvalue weighted by atomic mass is 9.85. The molecule has 5 rings (SSSR count). The molecule has 0 aliphatic carbocycles.